The fraction of sp³-hybridized carbons (Fsp3) is 0.467. The third-order valence-electron chi connectivity index (χ3n) is 2.77. The molecule has 0 aliphatic heterocycles. The predicted molar refractivity (Wildman–Crippen MR) is 73.4 cm³/mol. The van der Waals surface area contributed by atoms with Gasteiger partial charge in [0.1, 0.15) is 5.75 Å². The minimum absolute atomic E-state index is 0.274. The minimum Gasteiger partial charge on any atom is -0.504 e. The van der Waals surface area contributed by atoms with Crippen LogP contribution in [-0.2, 0) is 4.79 Å². The summed E-state index contributed by atoms with van der Waals surface area (Å²) in [7, 11) is 0. The summed E-state index contributed by atoms with van der Waals surface area (Å²) < 4.78 is 5.10. The van der Waals surface area contributed by atoms with Crippen LogP contribution < -0.4 is 10.2 Å². The molecule has 1 N–H and O–H groups in total. The van der Waals surface area contributed by atoms with Crippen LogP contribution in [0.15, 0.2) is 29.1 Å². The molecule has 0 heterocycles. The summed E-state index contributed by atoms with van der Waals surface area (Å²) >= 11 is 0. The van der Waals surface area contributed by atoms with Gasteiger partial charge >= 0.3 is 5.97 Å². The van der Waals surface area contributed by atoms with Crippen molar-refractivity contribution in [2.24, 2.45) is 0 Å². The van der Waals surface area contributed by atoms with Crippen LogP contribution in [0.2, 0.25) is 0 Å². The molecule has 0 spiro atoms. The van der Waals surface area contributed by atoms with Gasteiger partial charge in [0.25, 0.3) is 0 Å². The van der Waals surface area contributed by atoms with Crippen LogP contribution in [0.25, 0.3) is 0 Å². The van der Waals surface area contributed by atoms with E-state index >= 15 is 0 Å². The maximum absolute atomic E-state index is 11.6. The van der Waals surface area contributed by atoms with Gasteiger partial charge < -0.3 is 9.84 Å². The highest BCUT2D eigenvalue weighted by Gasteiger charge is 2.04. The zero-order valence-corrected chi connectivity index (χ0v) is 11.2. The first-order chi connectivity index (χ1) is 9.13. The van der Waals surface area contributed by atoms with E-state index in [1.165, 1.54) is 37.1 Å². The third kappa shape index (κ3) is 6.04. The summed E-state index contributed by atoms with van der Waals surface area (Å²) in [5.74, 6) is -0.396. The molecule has 1 aromatic carbocycles. The van der Waals surface area contributed by atoms with Crippen molar-refractivity contribution in [3.05, 3.63) is 34.5 Å². The van der Waals surface area contributed by atoms with Gasteiger partial charge in [0.05, 0.1) is 0 Å². The maximum atomic E-state index is 11.6. The van der Waals surface area contributed by atoms with Crippen molar-refractivity contribution in [3.63, 3.8) is 0 Å². The van der Waals surface area contributed by atoms with Gasteiger partial charge in [0.2, 0.25) is 5.43 Å². The molecule has 0 amide bonds. The largest absolute Gasteiger partial charge is 0.504 e. The first-order valence-corrected chi connectivity index (χ1v) is 6.67. The number of rotatable bonds is 7. The number of hydrogen-bond acceptors (Lipinski definition) is 4. The van der Waals surface area contributed by atoms with Crippen LogP contribution in [0.3, 0.4) is 0 Å². The second-order valence-electron chi connectivity index (χ2n) is 4.46. The Morgan fingerprint density at radius 1 is 1.11 bits per heavy atom. The van der Waals surface area contributed by atoms with Gasteiger partial charge in [0.15, 0.2) is 5.75 Å². The summed E-state index contributed by atoms with van der Waals surface area (Å²) in [4.78, 5) is 22.7. The zero-order chi connectivity index (χ0) is 14.1. The highest BCUT2D eigenvalue weighted by Crippen LogP contribution is 2.12. The number of esters is 1. The molecule has 0 bridgehead atoms. The molecule has 104 valence electrons. The number of aromatic hydroxyl groups is 1. The number of unbranched alkanes of at least 4 members (excludes halogenated alkanes) is 4. The highest BCUT2D eigenvalue weighted by molar-refractivity contribution is 5.72. The van der Waals surface area contributed by atoms with Crippen molar-refractivity contribution in [2.45, 2.75) is 45.4 Å². The minimum atomic E-state index is -0.498. The third-order valence-corrected chi connectivity index (χ3v) is 2.77. The molecule has 19 heavy (non-hydrogen) atoms. The smallest absolute Gasteiger partial charge is 0.311 e. The number of carbonyl (C=O) groups is 1. The first-order valence-electron chi connectivity index (χ1n) is 6.67. The van der Waals surface area contributed by atoms with Crippen LogP contribution in [0, 0.1) is 0 Å². The molecular formula is C15H20O4. The average molecular weight is 264 g/mol. The van der Waals surface area contributed by atoms with E-state index in [2.05, 4.69) is 6.92 Å². The topological polar surface area (TPSA) is 63.6 Å². The Balaban J connectivity index is 2.40. The maximum Gasteiger partial charge on any atom is 0.311 e. The van der Waals surface area contributed by atoms with Crippen molar-refractivity contribution < 1.29 is 14.6 Å². The Kier molecular flexibility index (Phi) is 6.64. The van der Waals surface area contributed by atoms with Crippen molar-refractivity contribution >= 4 is 5.97 Å². The standard InChI is InChI=1S/C15H20O4/c1-2-3-4-5-6-7-15(18)19-12-8-10-13(16)14(17)11-9-12/h8-11H,2-7H2,1H3,(H,16,17). The molecule has 0 atom stereocenters. The molecule has 0 aliphatic rings. The molecule has 4 heteroatoms. The Hall–Kier alpha value is -1.84. The number of hydrogen-bond donors (Lipinski definition) is 1. The summed E-state index contributed by atoms with van der Waals surface area (Å²) in [6.07, 6.45) is 5.71. The van der Waals surface area contributed by atoms with Gasteiger partial charge in [-0.15, -0.1) is 0 Å². The lowest BCUT2D eigenvalue weighted by atomic mass is 10.1. The molecule has 0 aliphatic carbocycles. The van der Waals surface area contributed by atoms with Gasteiger partial charge in [-0.05, 0) is 30.7 Å². The number of ether oxygens (including phenoxy) is 1. The van der Waals surface area contributed by atoms with E-state index < -0.39 is 5.43 Å². The fourth-order valence-electron chi connectivity index (χ4n) is 1.67. The van der Waals surface area contributed by atoms with Gasteiger partial charge in [-0.3, -0.25) is 9.59 Å². The van der Waals surface area contributed by atoms with Gasteiger partial charge in [-0.2, -0.15) is 0 Å². The van der Waals surface area contributed by atoms with E-state index in [4.69, 9.17) is 4.74 Å². The SMILES string of the molecule is CCCCCCCC(=O)Oc1ccc(O)c(=O)cc1. The molecule has 0 saturated heterocycles. The average Bonchev–Trinajstić information content (AvgIpc) is 2.54. The van der Waals surface area contributed by atoms with E-state index in [0.29, 0.717) is 6.42 Å². The van der Waals surface area contributed by atoms with Crippen LogP contribution in [-0.4, -0.2) is 11.1 Å². The summed E-state index contributed by atoms with van der Waals surface area (Å²) in [6, 6.07) is 5.20. The van der Waals surface area contributed by atoms with E-state index in [1.807, 2.05) is 0 Å². The van der Waals surface area contributed by atoms with Gasteiger partial charge in [0, 0.05) is 6.42 Å². The van der Waals surface area contributed by atoms with Gasteiger partial charge in [-0.1, -0.05) is 32.6 Å². The van der Waals surface area contributed by atoms with Crippen LogP contribution in [0.4, 0.5) is 0 Å². The lowest BCUT2D eigenvalue weighted by Crippen LogP contribution is -2.07. The van der Waals surface area contributed by atoms with Crippen LogP contribution >= 0.6 is 0 Å². The normalized spacial score (nSPS) is 10.2. The zero-order valence-electron chi connectivity index (χ0n) is 11.2. The molecule has 1 rings (SSSR count). The van der Waals surface area contributed by atoms with Gasteiger partial charge in [-0.25, -0.2) is 0 Å². The molecular weight excluding hydrogens is 244 g/mol. The molecule has 0 fully saturated rings. The molecule has 4 nitrogen and oxygen atoms in total. The summed E-state index contributed by atoms with van der Waals surface area (Å²) in [5.41, 5.74) is -0.498. The lowest BCUT2D eigenvalue weighted by molar-refractivity contribution is -0.134. The highest BCUT2D eigenvalue weighted by atomic mass is 16.5. The quantitative estimate of drug-likeness (QED) is 0.607. The summed E-state index contributed by atoms with van der Waals surface area (Å²) in [5, 5.41) is 9.21. The van der Waals surface area contributed by atoms with E-state index in [1.54, 1.807) is 0 Å². The second-order valence-corrected chi connectivity index (χ2v) is 4.46. The molecule has 0 unspecified atom stereocenters. The van der Waals surface area contributed by atoms with Crippen LogP contribution in [0.1, 0.15) is 45.4 Å². The van der Waals surface area contributed by atoms with Crippen molar-refractivity contribution in [3.8, 4) is 11.5 Å². The first kappa shape index (κ1) is 15.2. The lowest BCUT2D eigenvalue weighted by Gasteiger charge is -2.02. The monoisotopic (exact) mass is 264 g/mol. The summed E-state index contributed by atoms with van der Waals surface area (Å²) in [6.45, 7) is 2.14. The van der Waals surface area contributed by atoms with Crippen molar-refractivity contribution in [1.82, 2.24) is 0 Å². The second kappa shape index (κ2) is 8.29. The Morgan fingerprint density at radius 3 is 2.53 bits per heavy atom. The van der Waals surface area contributed by atoms with E-state index in [0.717, 1.165) is 19.3 Å². The van der Waals surface area contributed by atoms with E-state index in [-0.39, 0.29) is 17.5 Å². The van der Waals surface area contributed by atoms with Crippen molar-refractivity contribution in [2.75, 3.05) is 0 Å². The predicted octanol–water partition coefficient (Wildman–Crippen LogP) is 3.02. The fourth-order valence-corrected chi connectivity index (χ4v) is 1.67. The Morgan fingerprint density at radius 2 is 1.79 bits per heavy atom. The van der Waals surface area contributed by atoms with E-state index in [9.17, 15) is 14.7 Å². The number of carbonyl (C=O) groups excluding carboxylic acids is 1. The molecule has 0 aromatic heterocycles. The molecule has 0 radical (unpaired) electrons. The van der Waals surface area contributed by atoms with Crippen molar-refractivity contribution in [1.29, 1.82) is 0 Å². The Labute approximate surface area is 113 Å². The Bertz CT molecular complexity index is 468. The molecule has 0 saturated carbocycles. The molecule has 1 aromatic rings. The van der Waals surface area contributed by atoms with Crippen LogP contribution in [0.5, 0.6) is 11.5 Å².